The molecular formula is C25H28N6O2. The smallest absolute Gasteiger partial charge is 0.251 e. The van der Waals surface area contributed by atoms with Crippen LogP contribution >= 0.6 is 0 Å². The molecule has 0 unspecified atom stereocenters. The van der Waals surface area contributed by atoms with Crippen LogP contribution in [0.3, 0.4) is 0 Å². The highest BCUT2D eigenvalue weighted by atomic mass is 16.5. The summed E-state index contributed by atoms with van der Waals surface area (Å²) in [6.45, 7) is 1.59. The van der Waals surface area contributed by atoms with E-state index in [0.717, 1.165) is 41.3 Å². The van der Waals surface area contributed by atoms with Crippen molar-refractivity contribution < 1.29 is 9.53 Å². The van der Waals surface area contributed by atoms with Gasteiger partial charge in [0, 0.05) is 23.4 Å². The van der Waals surface area contributed by atoms with Gasteiger partial charge in [-0.15, -0.1) is 5.10 Å². The summed E-state index contributed by atoms with van der Waals surface area (Å²) in [5, 5.41) is 10.8. The maximum Gasteiger partial charge on any atom is 0.251 e. The molecule has 0 aliphatic carbocycles. The molecule has 33 heavy (non-hydrogen) atoms. The molecule has 0 aliphatic heterocycles. The Morgan fingerprint density at radius 3 is 2.48 bits per heavy atom. The summed E-state index contributed by atoms with van der Waals surface area (Å²) in [7, 11) is 5.69. The Labute approximate surface area is 193 Å². The Morgan fingerprint density at radius 2 is 1.79 bits per heavy atom. The summed E-state index contributed by atoms with van der Waals surface area (Å²) in [5.74, 6) is 1.21. The molecule has 0 atom stereocenters. The number of amides is 1. The van der Waals surface area contributed by atoms with E-state index in [2.05, 4.69) is 25.6 Å². The fraction of sp³-hybridized carbons (Fsp3) is 0.240. The van der Waals surface area contributed by atoms with Gasteiger partial charge < -0.3 is 20.3 Å². The second kappa shape index (κ2) is 10.1. The number of methoxy groups -OCH3 is 1. The van der Waals surface area contributed by atoms with Crippen molar-refractivity contribution in [3.8, 4) is 17.0 Å². The van der Waals surface area contributed by atoms with Crippen molar-refractivity contribution in [3.63, 3.8) is 0 Å². The molecule has 2 aromatic carbocycles. The Hall–Kier alpha value is -3.91. The first-order chi connectivity index (χ1) is 16.0. The molecular weight excluding hydrogens is 416 g/mol. The highest BCUT2D eigenvalue weighted by Crippen LogP contribution is 2.24. The molecule has 1 amide bonds. The second-order valence-electron chi connectivity index (χ2n) is 7.96. The highest BCUT2D eigenvalue weighted by Gasteiger charge is 2.10. The molecule has 0 aliphatic rings. The third-order valence-electron chi connectivity index (χ3n) is 5.22. The van der Waals surface area contributed by atoms with E-state index >= 15 is 0 Å². The first kappa shape index (κ1) is 22.3. The number of anilines is 2. The fourth-order valence-corrected chi connectivity index (χ4v) is 3.47. The van der Waals surface area contributed by atoms with E-state index in [1.807, 2.05) is 68.7 Å². The number of ether oxygens (including phenoxy) is 1. The summed E-state index contributed by atoms with van der Waals surface area (Å²) in [5.41, 5.74) is 4.10. The van der Waals surface area contributed by atoms with Gasteiger partial charge >= 0.3 is 0 Å². The van der Waals surface area contributed by atoms with Gasteiger partial charge in [0.15, 0.2) is 5.65 Å². The average Bonchev–Trinajstić information content (AvgIpc) is 3.24. The van der Waals surface area contributed by atoms with E-state index in [1.165, 1.54) is 0 Å². The number of pyridine rings is 1. The molecule has 8 heteroatoms. The molecule has 2 N–H and O–H groups in total. The lowest BCUT2D eigenvalue weighted by molar-refractivity contribution is 0.0952. The van der Waals surface area contributed by atoms with Crippen molar-refractivity contribution in [1.29, 1.82) is 0 Å². The predicted molar refractivity (Wildman–Crippen MR) is 130 cm³/mol. The number of nitrogens with one attached hydrogen (secondary N) is 2. The molecule has 0 bridgehead atoms. The van der Waals surface area contributed by atoms with Crippen molar-refractivity contribution in [2.75, 3.05) is 39.6 Å². The van der Waals surface area contributed by atoms with Gasteiger partial charge in [0.25, 0.3) is 5.91 Å². The molecule has 4 rings (SSSR count). The predicted octanol–water partition coefficient (Wildman–Crippen LogP) is 3.83. The molecule has 0 fully saturated rings. The monoisotopic (exact) mass is 444 g/mol. The van der Waals surface area contributed by atoms with Crippen LogP contribution in [0.1, 0.15) is 16.8 Å². The SMILES string of the molecule is COc1ccc(-c2cccc3nc(Nc4ccc(C(=O)NCCCN(C)C)cc4)nn23)cc1. The summed E-state index contributed by atoms with van der Waals surface area (Å²) in [6.07, 6.45) is 0.913. The zero-order valence-electron chi connectivity index (χ0n) is 19.1. The second-order valence-corrected chi connectivity index (χ2v) is 7.96. The zero-order chi connectivity index (χ0) is 23.2. The van der Waals surface area contributed by atoms with Crippen LogP contribution in [-0.4, -0.2) is 59.7 Å². The summed E-state index contributed by atoms with van der Waals surface area (Å²) in [6, 6.07) is 21.0. The first-order valence-corrected chi connectivity index (χ1v) is 10.8. The lowest BCUT2D eigenvalue weighted by Gasteiger charge is -2.10. The number of rotatable bonds is 9. The first-order valence-electron chi connectivity index (χ1n) is 10.8. The third-order valence-corrected chi connectivity index (χ3v) is 5.22. The fourth-order valence-electron chi connectivity index (χ4n) is 3.47. The molecule has 0 saturated carbocycles. The van der Waals surface area contributed by atoms with Crippen molar-refractivity contribution in [3.05, 3.63) is 72.3 Å². The minimum Gasteiger partial charge on any atom is -0.497 e. The number of hydrogen-bond acceptors (Lipinski definition) is 6. The molecule has 8 nitrogen and oxygen atoms in total. The Balaban J connectivity index is 1.45. The number of carbonyl (C=O) groups excluding carboxylic acids is 1. The lowest BCUT2D eigenvalue weighted by atomic mass is 10.1. The number of aromatic nitrogens is 3. The van der Waals surface area contributed by atoms with E-state index in [9.17, 15) is 4.79 Å². The normalized spacial score (nSPS) is 11.0. The largest absolute Gasteiger partial charge is 0.497 e. The Kier molecular flexibility index (Phi) is 6.85. The minimum atomic E-state index is -0.0738. The quantitative estimate of drug-likeness (QED) is 0.382. The summed E-state index contributed by atoms with van der Waals surface area (Å²) in [4.78, 5) is 19.0. The van der Waals surface area contributed by atoms with Gasteiger partial charge in [-0.05, 0) is 87.7 Å². The number of carbonyl (C=O) groups is 1. The van der Waals surface area contributed by atoms with Gasteiger partial charge in [-0.25, -0.2) is 4.52 Å². The van der Waals surface area contributed by atoms with Crippen LogP contribution in [0.25, 0.3) is 16.9 Å². The van der Waals surface area contributed by atoms with Crippen LogP contribution < -0.4 is 15.4 Å². The number of fused-ring (bicyclic) bond motifs is 1. The molecule has 2 aromatic heterocycles. The van der Waals surface area contributed by atoms with E-state index < -0.39 is 0 Å². The van der Waals surface area contributed by atoms with Crippen LogP contribution in [0, 0.1) is 0 Å². The number of hydrogen-bond donors (Lipinski definition) is 2. The topological polar surface area (TPSA) is 83.8 Å². The molecule has 170 valence electrons. The van der Waals surface area contributed by atoms with E-state index in [-0.39, 0.29) is 5.91 Å². The van der Waals surface area contributed by atoms with Crippen molar-refractivity contribution in [2.45, 2.75) is 6.42 Å². The Morgan fingerprint density at radius 1 is 1.03 bits per heavy atom. The molecule has 2 heterocycles. The van der Waals surface area contributed by atoms with Gasteiger partial charge in [0.05, 0.1) is 12.8 Å². The summed E-state index contributed by atoms with van der Waals surface area (Å²) < 4.78 is 7.05. The zero-order valence-corrected chi connectivity index (χ0v) is 19.1. The van der Waals surface area contributed by atoms with Gasteiger partial charge in [-0.1, -0.05) is 6.07 Å². The van der Waals surface area contributed by atoms with Crippen LogP contribution in [-0.2, 0) is 0 Å². The van der Waals surface area contributed by atoms with Gasteiger partial charge in [0.2, 0.25) is 5.95 Å². The van der Waals surface area contributed by atoms with Crippen LogP contribution in [0.2, 0.25) is 0 Å². The van der Waals surface area contributed by atoms with Gasteiger partial charge in [-0.3, -0.25) is 4.79 Å². The standard InChI is InChI=1S/C25H28N6O2/c1-30(2)17-5-16-26-24(32)19-8-12-20(13-9-19)27-25-28-23-7-4-6-22(31(23)29-25)18-10-14-21(33-3)15-11-18/h4,6-15H,5,16-17H2,1-3H3,(H,26,32)(H,27,29). The highest BCUT2D eigenvalue weighted by molar-refractivity contribution is 5.94. The van der Waals surface area contributed by atoms with Crippen molar-refractivity contribution >= 4 is 23.2 Å². The van der Waals surface area contributed by atoms with Crippen LogP contribution in [0.15, 0.2) is 66.7 Å². The van der Waals surface area contributed by atoms with Crippen molar-refractivity contribution in [1.82, 2.24) is 24.8 Å². The Bertz CT molecular complexity index is 1220. The summed E-state index contributed by atoms with van der Waals surface area (Å²) >= 11 is 0. The minimum absolute atomic E-state index is 0.0738. The van der Waals surface area contributed by atoms with E-state index in [4.69, 9.17) is 4.74 Å². The van der Waals surface area contributed by atoms with Gasteiger partial charge in [0.1, 0.15) is 5.75 Å². The molecule has 4 aromatic rings. The van der Waals surface area contributed by atoms with Crippen LogP contribution in [0.4, 0.5) is 11.6 Å². The van der Waals surface area contributed by atoms with Gasteiger partial charge in [-0.2, -0.15) is 4.98 Å². The van der Waals surface area contributed by atoms with Crippen molar-refractivity contribution in [2.24, 2.45) is 0 Å². The third kappa shape index (κ3) is 5.48. The number of nitrogens with zero attached hydrogens (tertiary/aromatic N) is 4. The number of benzene rings is 2. The van der Waals surface area contributed by atoms with E-state index in [0.29, 0.717) is 18.1 Å². The molecule has 0 radical (unpaired) electrons. The molecule has 0 saturated heterocycles. The maximum absolute atomic E-state index is 12.3. The average molecular weight is 445 g/mol. The molecule has 0 spiro atoms. The van der Waals surface area contributed by atoms with Crippen LogP contribution in [0.5, 0.6) is 5.75 Å². The van der Waals surface area contributed by atoms with E-state index in [1.54, 1.807) is 23.8 Å². The maximum atomic E-state index is 12.3. The lowest BCUT2D eigenvalue weighted by Crippen LogP contribution is -2.27.